The highest BCUT2D eigenvalue weighted by Crippen LogP contribution is 2.25. The average Bonchev–Trinajstić information content (AvgIpc) is 2.63. The van der Waals surface area contributed by atoms with Crippen LogP contribution in [0.5, 0.6) is 0 Å². The molecule has 19 heavy (non-hydrogen) atoms. The molecule has 3 aliphatic heterocycles. The Morgan fingerprint density at radius 2 is 1.53 bits per heavy atom. The van der Waals surface area contributed by atoms with E-state index in [9.17, 15) is 8.42 Å². The van der Waals surface area contributed by atoms with Crippen LogP contribution in [0.1, 0.15) is 57.8 Å². The Labute approximate surface area is 118 Å². The molecule has 0 aliphatic carbocycles. The first kappa shape index (κ1) is 15.3. The van der Waals surface area contributed by atoms with Crippen LogP contribution in [0.4, 0.5) is 0 Å². The Morgan fingerprint density at radius 1 is 0.842 bits per heavy atom. The molecule has 0 amide bonds. The first-order chi connectivity index (χ1) is 9.17. The summed E-state index contributed by atoms with van der Waals surface area (Å²) in [6, 6.07) is 0.988. The van der Waals surface area contributed by atoms with E-state index in [-0.39, 0.29) is 0 Å². The van der Waals surface area contributed by atoms with Crippen LogP contribution in [0.15, 0.2) is 0 Å². The molecule has 0 saturated carbocycles. The maximum Gasteiger partial charge on any atom is 0.211 e. The first-order valence-corrected chi connectivity index (χ1v) is 9.54. The minimum Gasteiger partial charge on any atom is -0.300 e. The maximum atomic E-state index is 10.8. The number of rotatable bonds is 0. The summed E-state index contributed by atoms with van der Waals surface area (Å²) in [5.41, 5.74) is 0. The number of nitrogens with one attached hydrogen (secondary N) is 1. The van der Waals surface area contributed by atoms with Gasteiger partial charge in [-0.05, 0) is 51.6 Å². The van der Waals surface area contributed by atoms with Gasteiger partial charge in [0.2, 0.25) is 10.0 Å². The second kappa shape index (κ2) is 7.60. The molecule has 3 saturated heterocycles. The summed E-state index contributed by atoms with van der Waals surface area (Å²) < 4.78 is 24.0. The second-order valence-electron chi connectivity index (χ2n) is 5.96. The Hall–Kier alpha value is -0.130. The molecule has 0 atom stereocenters. The van der Waals surface area contributed by atoms with E-state index >= 15 is 0 Å². The molecule has 4 nitrogen and oxygen atoms in total. The van der Waals surface area contributed by atoms with Gasteiger partial charge in [-0.3, -0.25) is 0 Å². The number of sulfonamides is 1. The van der Waals surface area contributed by atoms with Crippen molar-refractivity contribution in [3.63, 3.8) is 0 Å². The highest BCUT2D eigenvalue weighted by Gasteiger charge is 2.24. The summed E-state index contributed by atoms with van der Waals surface area (Å²) in [5, 5.41) is 0. The fourth-order valence-electron chi connectivity index (χ4n) is 3.27. The van der Waals surface area contributed by atoms with Gasteiger partial charge in [0.15, 0.2) is 0 Å². The van der Waals surface area contributed by atoms with Crippen molar-refractivity contribution in [1.82, 2.24) is 9.62 Å². The third-order valence-corrected chi connectivity index (χ3v) is 5.86. The van der Waals surface area contributed by atoms with Gasteiger partial charge in [-0.1, -0.05) is 19.3 Å². The van der Waals surface area contributed by atoms with E-state index < -0.39 is 10.0 Å². The van der Waals surface area contributed by atoms with Crippen LogP contribution in [0.25, 0.3) is 0 Å². The van der Waals surface area contributed by atoms with Gasteiger partial charge in [0, 0.05) is 12.6 Å². The minimum absolute atomic E-state index is 0.312. The van der Waals surface area contributed by atoms with Gasteiger partial charge in [-0.15, -0.1) is 0 Å². The normalized spacial score (nSPS) is 28.6. The highest BCUT2D eigenvalue weighted by molar-refractivity contribution is 7.89. The standard InChI is InChI=1S/C9H17N.C5H11NO2S/c1-3-7-10-8-4-2-6-9(10)5-1;7-9(8)5-3-1-2-4-6-9/h9H,1-8H2;6H,1-5H2. The van der Waals surface area contributed by atoms with Crippen LogP contribution in [-0.2, 0) is 10.0 Å². The molecule has 112 valence electrons. The van der Waals surface area contributed by atoms with Crippen molar-refractivity contribution in [3.05, 3.63) is 0 Å². The van der Waals surface area contributed by atoms with Gasteiger partial charge in [0.1, 0.15) is 0 Å². The van der Waals surface area contributed by atoms with Crippen LogP contribution in [0, 0.1) is 0 Å². The topological polar surface area (TPSA) is 49.4 Å². The molecule has 0 spiro atoms. The lowest BCUT2D eigenvalue weighted by molar-refractivity contribution is 0.109. The molecule has 0 aromatic rings. The lowest BCUT2D eigenvalue weighted by Gasteiger charge is -2.39. The number of piperidine rings is 2. The fraction of sp³-hybridized carbons (Fsp3) is 1.00. The molecular formula is C14H28N2O2S. The van der Waals surface area contributed by atoms with E-state index in [1.165, 1.54) is 51.6 Å². The van der Waals surface area contributed by atoms with Gasteiger partial charge >= 0.3 is 0 Å². The molecule has 3 rings (SSSR count). The van der Waals surface area contributed by atoms with E-state index in [0.717, 1.165) is 25.3 Å². The lowest BCUT2D eigenvalue weighted by Crippen LogP contribution is -2.42. The quantitative estimate of drug-likeness (QED) is 0.743. The van der Waals surface area contributed by atoms with E-state index in [1.807, 2.05) is 0 Å². The maximum absolute atomic E-state index is 10.8. The molecule has 3 heterocycles. The van der Waals surface area contributed by atoms with Gasteiger partial charge < -0.3 is 4.90 Å². The smallest absolute Gasteiger partial charge is 0.211 e. The van der Waals surface area contributed by atoms with E-state index in [0.29, 0.717) is 12.3 Å². The average molecular weight is 288 g/mol. The van der Waals surface area contributed by atoms with Crippen LogP contribution in [-0.4, -0.2) is 44.7 Å². The van der Waals surface area contributed by atoms with Crippen molar-refractivity contribution in [2.24, 2.45) is 0 Å². The molecule has 0 aromatic carbocycles. The predicted molar refractivity (Wildman–Crippen MR) is 78.7 cm³/mol. The third kappa shape index (κ3) is 5.40. The Balaban J connectivity index is 0.000000141. The van der Waals surface area contributed by atoms with Gasteiger partial charge in [-0.2, -0.15) is 0 Å². The van der Waals surface area contributed by atoms with E-state index in [2.05, 4.69) is 9.62 Å². The summed E-state index contributed by atoms with van der Waals surface area (Å²) in [5.74, 6) is 0.312. The molecular weight excluding hydrogens is 260 g/mol. The zero-order chi connectivity index (χ0) is 13.6. The van der Waals surface area contributed by atoms with Gasteiger partial charge in [0.05, 0.1) is 5.75 Å². The predicted octanol–water partition coefficient (Wildman–Crippen LogP) is 2.11. The lowest BCUT2D eigenvalue weighted by atomic mass is 9.93. The minimum atomic E-state index is -2.87. The van der Waals surface area contributed by atoms with Crippen molar-refractivity contribution in [2.45, 2.75) is 63.8 Å². The Bertz CT molecular complexity index is 316. The molecule has 1 N–H and O–H groups in total. The van der Waals surface area contributed by atoms with Crippen molar-refractivity contribution in [3.8, 4) is 0 Å². The van der Waals surface area contributed by atoms with Crippen molar-refractivity contribution in [2.75, 3.05) is 25.4 Å². The Morgan fingerprint density at radius 3 is 2.16 bits per heavy atom. The number of fused-ring (bicyclic) bond motifs is 1. The van der Waals surface area contributed by atoms with E-state index in [1.54, 1.807) is 0 Å². The SMILES string of the molecule is C1CCN2CCCCC2C1.O=S1(=O)CCCCCN1. The van der Waals surface area contributed by atoms with Gasteiger partial charge in [0.25, 0.3) is 0 Å². The molecule has 0 aromatic heterocycles. The van der Waals surface area contributed by atoms with Crippen molar-refractivity contribution in [1.29, 1.82) is 0 Å². The third-order valence-electron chi connectivity index (χ3n) is 4.39. The van der Waals surface area contributed by atoms with Crippen LogP contribution < -0.4 is 4.72 Å². The van der Waals surface area contributed by atoms with Crippen molar-refractivity contribution >= 4 is 10.0 Å². The highest BCUT2D eigenvalue weighted by atomic mass is 32.2. The number of hydrogen-bond acceptors (Lipinski definition) is 3. The summed E-state index contributed by atoms with van der Waals surface area (Å²) in [6.07, 6.45) is 11.7. The summed E-state index contributed by atoms with van der Waals surface area (Å²) in [4.78, 5) is 2.70. The van der Waals surface area contributed by atoms with Crippen LogP contribution in [0.2, 0.25) is 0 Å². The monoisotopic (exact) mass is 288 g/mol. The van der Waals surface area contributed by atoms with Gasteiger partial charge in [-0.25, -0.2) is 13.1 Å². The zero-order valence-electron chi connectivity index (χ0n) is 11.9. The second-order valence-corrected chi connectivity index (χ2v) is 7.88. The molecule has 5 heteroatoms. The summed E-state index contributed by atoms with van der Waals surface area (Å²) in [6.45, 7) is 3.41. The zero-order valence-corrected chi connectivity index (χ0v) is 12.8. The molecule has 0 radical (unpaired) electrons. The molecule has 0 bridgehead atoms. The van der Waals surface area contributed by atoms with E-state index in [4.69, 9.17) is 0 Å². The van der Waals surface area contributed by atoms with Crippen molar-refractivity contribution < 1.29 is 8.42 Å². The summed E-state index contributed by atoms with van der Waals surface area (Å²) >= 11 is 0. The number of nitrogens with zero attached hydrogens (tertiary/aromatic N) is 1. The molecule has 3 aliphatic rings. The Kier molecular flexibility index (Phi) is 6.10. The fourth-order valence-corrected chi connectivity index (χ4v) is 4.45. The van der Waals surface area contributed by atoms with Crippen LogP contribution >= 0.6 is 0 Å². The first-order valence-electron chi connectivity index (χ1n) is 7.89. The van der Waals surface area contributed by atoms with Crippen LogP contribution in [0.3, 0.4) is 0 Å². The molecule has 3 fully saturated rings. The molecule has 0 unspecified atom stereocenters. The summed E-state index contributed by atoms with van der Waals surface area (Å²) in [7, 11) is -2.87. The largest absolute Gasteiger partial charge is 0.300 e. The number of hydrogen-bond donors (Lipinski definition) is 1.